The maximum atomic E-state index is 10.6. The Hall–Kier alpha value is -1.25. The van der Waals surface area contributed by atoms with Gasteiger partial charge in [0.15, 0.2) is 0 Å². The Morgan fingerprint density at radius 2 is 2.55 bits per heavy atom. The first-order chi connectivity index (χ1) is 5.20. The third kappa shape index (κ3) is 0.707. The van der Waals surface area contributed by atoms with E-state index in [0.29, 0.717) is 11.7 Å². The van der Waals surface area contributed by atoms with Crippen molar-refractivity contribution >= 4 is 5.97 Å². The lowest BCUT2D eigenvalue weighted by atomic mass is 10.0. The summed E-state index contributed by atoms with van der Waals surface area (Å²) in [6.07, 6.45) is 3.58. The van der Waals surface area contributed by atoms with E-state index in [2.05, 4.69) is 6.58 Å². The van der Waals surface area contributed by atoms with Gasteiger partial charge in [0, 0.05) is 18.2 Å². The summed E-state index contributed by atoms with van der Waals surface area (Å²) in [5.41, 5.74) is 1.34. The predicted octanol–water partition coefficient (Wildman–Crippen LogP) is 0.947. The highest BCUT2D eigenvalue weighted by molar-refractivity contribution is 5.87. The summed E-state index contributed by atoms with van der Waals surface area (Å²) in [5, 5.41) is 8.70. The lowest BCUT2D eigenvalue weighted by Gasteiger charge is -2.40. The summed E-state index contributed by atoms with van der Waals surface area (Å²) < 4.78 is 0. The molecule has 0 aliphatic carbocycles. The average molecular weight is 151 g/mol. The average Bonchev–Trinajstić information content (AvgIpc) is 2.25. The van der Waals surface area contributed by atoms with Crippen LogP contribution in [0.15, 0.2) is 24.0 Å². The van der Waals surface area contributed by atoms with Crippen LogP contribution in [0, 0.1) is 0 Å². The van der Waals surface area contributed by atoms with Crippen molar-refractivity contribution in [3.8, 4) is 0 Å². The van der Waals surface area contributed by atoms with E-state index in [4.69, 9.17) is 5.11 Å². The number of aliphatic carboxylic acids is 1. The SMILES string of the molecule is C=C1CC2CC=C(C(=O)O)N12. The van der Waals surface area contributed by atoms with Gasteiger partial charge >= 0.3 is 5.97 Å². The van der Waals surface area contributed by atoms with E-state index in [1.807, 2.05) is 4.90 Å². The number of carboxylic acids is 1. The lowest BCUT2D eigenvalue weighted by molar-refractivity contribution is -0.134. The van der Waals surface area contributed by atoms with E-state index in [9.17, 15) is 4.79 Å². The number of rotatable bonds is 1. The second-order valence-corrected chi connectivity index (χ2v) is 2.92. The molecule has 1 unspecified atom stereocenters. The molecule has 0 radical (unpaired) electrons. The molecule has 0 saturated carbocycles. The molecule has 0 aromatic carbocycles. The molecule has 2 rings (SSSR count). The van der Waals surface area contributed by atoms with Crippen molar-refractivity contribution in [3.63, 3.8) is 0 Å². The zero-order valence-corrected chi connectivity index (χ0v) is 6.08. The Kier molecular flexibility index (Phi) is 1.10. The van der Waals surface area contributed by atoms with Gasteiger partial charge in [0.25, 0.3) is 0 Å². The minimum Gasteiger partial charge on any atom is -0.477 e. The van der Waals surface area contributed by atoms with Crippen molar-refractivity contribution in [2.24, 2.45) is 0 Å². The fourth-order valence-corrected chi connectivity index (χ4v) is 1.70. The molecule has 1 fully saturated rings. The maximum absolute atomic E-state index is 10.6. The topological polar surface area (TPSA) is 40.5 Å². The van der Waals surface area contributed by atoms with Crippen LogP contribution >= 0.6 is 0 Å². The third-order valence-electron chi connectivity index (χ3n) is 2.24. The molecule has 0 bridgehead atoms. The summed E-state index contributed by atoms with van der Waals surface area (Å²) in [6, 6.07) is 0.397. The Morgan fingerprint density at radius 1 is 1.82 bits per heavy atom. The lowest BCUT2D eigenvalue weighted by Crippen LogP contribution is -2.41. The molecule has 0 aromatic heterocycles. The number of fused-ring (bicyclic) bond motifs is 1. The number of carbonyl (C=O) groups is 1. The van der Waals surface area contributed by atoms with Gasteiger partial charge in [-0.3, -0.25) is 0 Å². The number of nitrogens with zero attached hydrogens (tertiary/aromatic N) is 1. The zero-order valence-electron chi connectivity index (χ0n) is 6.08. The summed E-state index contributed by atoms with van der Waals surface area (Å²) in [4.78, 5) is 12.4. The van der Waals surface area contributed by atoms with Crippen LogP contribution in [0.3, 0.4) is 0 Å². The van der Waals surface area contributed by atoms with Gasteiger partial charge in [-0.15, -0.1) is 0 Å². The van der Waals surface area contributed by atoms with Gasteiger partial charge in [0.2, 0.25) is 0 Å². The smallest absolute Gasteiger partial charge is 0.352 e. The molecule has 58 valence electrons. The van der Waals surface area contributed by atoms with Crippen LogP contribution in [-0.4, -0.2) is 22.0 Å². The van der Waals surface area contributed by atoms with Crippen LogP contribution in [-0.2, 0) is 4.79 Å². The Balaban J connectivity index is 2.24. The third-order valence-corrected chi connectivity index (χ3v) is 2.24. The van der Waals surface area contributed by atoms with E-state index in [1.54, 1.807) is 6.08 Å². The zero-order chi connectivity index (χ0) is 8.01. The van der Waals surface area contributed by atoms with Crippen LogP contribution in [0.2, 0.25) is 0 Å². The Morgan fingerprint density at radius 3 is 3.00 bits per heavy atom. The van der Waals surface area contributed by atoms with Gasteiger partial charge in [0.1, 0.15) is 5.70 Å². The Bertz CT molecular complexity index is 267. The first-order valence-corrected chi connectivity index (χ1v) is 3.60. The number of carboxylic acid groups (broad SMARTS) is 1. The van der Waals surface area contributed by atoms with Gasteiger partial charge in [-0.25, -0.2) is 4.79 Å². The van der Waals surface area contributed by atoms with Gasteiger partial charge in [-0.1, -0.05) is 12.7 Å². The van der Waals surface area contributed by atoms with Crippen molar-refractivity contribution in [1.29, 1.82) is 0 Å². The van der Waals surface area contributed by atoms with Crippen molar-refractivity contribution in [3.05, 3.63) is 24.0 Å². The first-order valence-electron chi connectivity index (χ1n) is 3.60. The maximum Gasteiger partial charge on any atom is 0.352 e. The van der Waals surface area contributed by atoms with Crippen molar-refractivity contribution in [1.82, 2.24) is 4.90 Å². The van der Waals surface area contributed by atoms with E-state index in [1.165, 1.54) is 0 Å². The summed E-state index contributed by atoms with van der Waals surface area (Å²) in [6.45, 7) is 3.76. The largest absolute Gasteiger partial charge is 0.477 e. The van der Waals surface area contributed by atoms with Crippen molar-refractivity contribution in [2.45, 2.75) is 18.9 Å². The summed E-state index contributed by atoms with van der Waals surface area (Å²) >= 11 is 0. The number of hydrogen-bond donors (Lipinski definition) is 1. The number of hydrogen-bond acceptors (Lipinski definition) is 2. The Labute approximate surface area is 64.6 Å². The minimum atomic E-state index is -0.839. The highest BCUT2D eigenvalue weighted by Crippen LogP contribution is 2.39. The first kappa shape index (κ1) is 6.46. The molecule has 1 atom stereocenters. The predicted molar refractivity (Wildman–Crippen MR) is 39.7 cm³/mol. The second-order valence-electron chi connectivity index (χ2n) is 2.92. The van der Waals surface area contributed by atoms with Crippen LogP contribution in [0.4, 0.5) is 0 Å². The summed E-state index contributed by atoms with van der Waals surface area (Å²) in [7, 11) is 0. The van der Waals surface area contributed by atoms with E-state index < -0.39 is 5.97 Å². The van der Waals surface area contributed by atoms with Crippen molar-refractivity contribution in [2.75, 3.05) is 0 Å². The molecular weight excluding hydrogens is 142 g/mol. The van der Waals surface area contributed by atoms with Gasteiger partial charge in [-0.05, 0) is 6.42 Å². The highest BCUT2D eigenvalue weighted by atomic mass is 16.4. The molecule has 1 saturated heterocycles. The van der Waals surface area contributed by atoms with Gasteiger partial charge < -0.3 is 10.0 Å². The normalized spacial score (nSPS) is 27.6. The van der Waals surface area contributed by atoms with Crippen LogP contribution < -0.4 is 0 Å². The quantitative estimate of drug-likeness (QED) is 0.606. The molecule has 2 aliphatic heterocycles. The molecular formula is C8H9NO2. The molecule has 3 heteroatoms. The standard InChI is InChI=1S/C8H9NO2/c1-5-4-6-2-3-7(8(10)11)9(5)6/h3,6H,1-2,4H2,(H,10,11). The molecule has 3 nitrogen and oxygen atoms in total. The molecule has 2 aliphatic rings. The van der Waals surface area contributed by atoms with E-state index in [0.717, 1.165) is 18.5 Å². The monoisotopic (exact) mass is 151 g/mol. The highest BCUT2D eigenvalue weighted by Gasteiger charge is 2.39. The van der Waals surface area contributed by atoms with Crippen LogP contribution in [0.5, 0.6) is 0 Å². The molecule has 0 amide bonds. The molecule has 0 spiro atoms. The van der Waals surface area contributed by atoms with E-state index in [-0.39, 0.29) is 0 Å². The molecule has 11 heavy (non-hydrogen) atoms. The van der Waals surface area contributed by atoms with E-state index >= 15 is 0 Å². The summed E-state index contributed by atoms with van der Waals surface area (Å²) in [5.74, 6) is -0.839. The van der Waals surface area contributed by atoms with Gasteiger partial charge in [0.05, 0.1) is 0 Å². The van der Waals surface area contributed by atoms with Crippen LogP contribution in [0.1, 0.15) is 12.8 Å². The fourth-order valence-electron chi connectivity index (χ4n) is 1.70. The van der Waals surface area contributed by atoms with Crippen molar-refractivity contribution < 1.29 is 9.90 Å². The molecule has 1 N–H and O–H groups in total. The molecule has 0 aromatic rings. The van der Waals surface area contributed by atoms with Crippen LogP contribution in [0.25, 0.3) is 0 Å². The minimum absolute atomic E-state index is 0.397. The van der Waals surface area contributed by atoms with Gasteiger partial charge in [-0.2, -0.15) is 0 Å². The second kappa shape index (κ2) is 1.87. The fraction of sp³-hybridized carbons (Fsp3) is 0.375. The molecule has 2 heterocycles.